The molecule has 0 fully saturated rings. The molecule has 2 N–H and O–H groups in total. The Kier molecular flexibility index (Phi) is 4.41. The summed E-state index contributed by atoms with van der Waals surface area (Å²) in [6.45, 7) is 6.36. The summed E-state index contributed by atoms with van der Waals surface area (Å²) in [5.41, 5.74) is 5.31. The van der Waals surface area contributed by atoms with Crippen LogP contribution in [-0.2, 0) is 4.79 Å². The standard InChI is InChI=1S/C17H20N2O/c1-12-5-4-6-15(8-12)19-17(20)11-18-16-9-13(2)7-14(3)10-16/h4-10,18H,11H2,1-3H3,(H,19,20). The molecule has 0 saturated carbocycles. The number of hydrogen-bond donors (Lipinski definition) is 2. The van der Waals surface area contributed by atoms with E-state index < -0.39 is 0 Å². The molecule has 3 nitrogen and oxygen atoms in total. The first-order chi connectivity index (χ1) is 9.52. The van der Waals surface area contributed by atoms with Gasteiger partial charge in [0.2, 0.25) is 5.91 Å². The second-order valence-electron chi connectivity index (χ2n) is 5.15. The zero-order chi connectivity index (χ0) is 14.5. The van der Waals surface area contributed by atoms with Crippen LogP contribution in [0.3, 0.4) is 0 Å². The Hall–Kier alpha value is -2.29. The van der Waals surface area contributed by atoms with Crippen molar-refractivity contribution in [1.82, 2.24) is 0 Å². The molecular formula is C17H20N2O. The molecule has 0 aliphatic carbocycles. The maximum absolute atomic E-state index is 11.9. The third-order valence-electron chi connectivity index (χ3n) is 2.98. The van der Waals surface area contributed by atoms with Gasteiger partial charge in [-0.2, -0.15) is 0 Å². The Morgan fingerprint density at radius 2 is 1.55 bits per heavy atom. The maximum Gasteiger partial charge on any atom is 0.243 e. The summed E-state index contributed by atoms with van der Waals surface area (Å²) in [6.07, 6.45) is 0. The number of rotatable bonds is 4. The van der Waals surface area contributed by atoms with Crippen molar-refractivity contribution >= 4 is 17.3 Å². The molecule has 0 aliphatic heterocycles. The molecule has 0 unspecified atom stereocenters. The van der Waals surface area contributed by atoms with E-state index in [0.29, 0.717) is 0 Å². The number of nitrogens with one attached hydrogen (secondary N) is 2. The zero-order valence-electron chi connectivity index (χ0n) is 12.2. The Morgan fingerprint density at radius 3 is 2.20 bits per heavy atom. The summed E-state index contributed by atoms with van der Waals surface area (Å²) < 4.78 is 0. The van der Waals surface area contributed by atoms with E-state index in [0.717, 1.165) is 16.9 Å². The van der Waals surface area contributed by atoms with Gasteiger partial charge >= 0.3 is 0 Å². The number of aryl methyl sites for hydroxylation is 3. The van der Waals surface area contributed by atoms with Crippen LogP contribution in [0, 0.1) is 20.8 Å². The van der Waals surface area contributed by atoms with E-state index in [1.165, 1.54) is 11.1 Å². The largest absolute Gasteiger partial charge is 0.376 e. The van der Waals surface area contributed by atoms with Gasteiger partial charge in [-0.1, -0.05) is 18.2 Å². The summed E-state index contributed by atoms with van der Waals surface area (Å²) in [5.74, 6) is -0.0465. The highest BCUT2D eigenvalue weighted by atomic mass is 16.1. The number of benzene rings is 2. The third kappa shape index (κ3) is 4.12. The number of carbonyl (C=O) groups is 1. The Labute approximate surface area is 120 Å². The van der Waals surface area contributed by atoms with Crippen LogP contribution in [-0.4, -0.2) is 12.5 Å². The van der Waals surface area contributed by atoms with Crippen LogP contribution in [0.4, 0.5) is 11.4 Å². The van der Waals surface area contributed by atoms with Gasteiger partial charge in [0, 0.05) is 11.4 Å². The van der Waals surface area contributed by atoms with Crippen molar-refractivity contribution in [2.75, 3.05) is 17.2 Å². The molecule has 0 spiro atoms. The van der Waals surface area contributed by atoms with Crippen molar-refractivity contribution in [3.63, 3.8) is 0 Å². The quantitative estimate of drug-likeness (QED) is 0.888. The lowest BCUT2D eigenvalue weighted by molar-refractivity contribution is -0.114. The van der Waals surface area contributed by atoms with E-state index in [1.807, 2.05) is 57.2 Å². The van der Waals surface area contributed by atoms with Gasteiger partial charge in [-0.25, -0.2) is 0 Å². The molecule has 2 rings (SSSR count). The fraction of sp³-hybridized carbons (Fsp3) is 0.235. The van der Waals surface area contributed by atoms with E-state index in [4.69, 9.17) is 0 Å². The van der Waals surface area contributed by atoms with Gasteiger partial charge in [0.05, 0.1) is 6.54 Å². The second-order valence-corrected chi connectivity index (χ2v) is 5.15. The molecule has 0 radical (unpaired) electrons. The molecule has 20 heavy (non-hydrogen) atoms. The highest BCUT2D eigenvalue weighted by molar-refractivity contribution is 5.93. The van der Waals surface area contributed by atoms with Gasteiger partial charge < -0.3 is 10.6 Å². The summed E-state index contributed by atoms with van der Waals surface area (Å²) in [6, 6.07) is 14.0. The van der Waals surface area contributed by atoms with E-state index in [2.05, 4.69) is 16.7 Å². The molecular weight excluding hydrogens is 248 g/mol. The van der Waals surface area contributed by atoms with Crippen LogP contribution < -0.4 is 10.6 Å². The normalized spacial score (nSPS) is 10.2. The maximum atomic E-state index is 11.9. The molecule has 0 heterocycles. The monoisotopic (exact) mass is 268 g/mol. The number of carbonyl (C=O) groups excluding carboxylic acids is 1. The number of hydrogen-bond acceptors (Lipinski definition) is 2. The van der Waals surface area contributed by atoms with Crippen molar-refractivity contribution in [3.8, 4) is 0 Å². The van der Waals surface area contributed by atoms with Gasteiger partial charge in [-0.15, -0.1) is 0 Å². The van der Waals surface area contributed by atoms with Crippen LogP contribution in [0.1, 0.15) is 16.7 Å². The molecule has 3 heteroatoms. The zero-order valence-corrected chi connectivity index (χ0v) is 12.2. The average Bonchev–Trinajstić information content (AvgIpc) is 2.35. The van der Waals surface area contributed by atoms with Crippen molar-refractivity contribution < 1.29 is 4.79 Å². The number of anilines is 2. The van der Waals surface area contributed by atoms with E-state index in [9.17, 15) is 4.79 Å². The minimum Gasteiger partial charge on any atom is -0.376 e. The molecule has 0 aliphatic rings. The lowest BCUT2D eigenvalue weighted by Crippen LogP contribution is -2.21. The first-order valence-electron chi connectivity index (χ1n) is 6.71. The first-order valence-corrected chi connectivity index (χ1v) is 6.71. The Bertz CT molecular complexity index is 600. The van der Waals surface area contributed by atoms with Crippen LogP contribution >= 0.6 is 0 Å². The summed E-state index contributed by atoms with van der Waals surface area (Å²) in [7, 11) is 0. The van der Waals surface area contributed by atoms with E-state index in [-0.39, 0.29) is 12.5 Å². The fourth-order valence-corrected chi connectivity index (χ4v) is 2.19. The van der Waals surface area contributed by atoms with Gasteiger partial charge in [0.1, 0.15) is 0 Å². The summed E-state index contributed by atoms with van der Waals surface area (Å²) in [5, 5.41) is 6.03. The summed E-state index contributed by atoms with van der Waals surface area (Å²) >= 11 is 0. The minimum atomic E-state index is -0.0465. The SMILES string of the molecule is Cc1cc(C)cc(NCC(=O)Nc2cccc(C)c2)c1. The first kappa shape index (κ1) is 14.1. The van der Waals surface area contributed by atoms with Crippen LogP contribution in [0.5, 0.6) is 0 Å². The lowest BCUT2D eigenvalue weighted by Gasteiger charge is -2.09. The Morgan fingerprint density at radius 1 is 0.900 bits per heavy atom. The Balaban J connectivity index is 1.92. The van der Waals surface area contributed by atoms with Gasteiger partial charge in [-0.05, 0) is 61.7 Å². The highest BCUT2D eigenvalue weighted by Gasteiger charge is 2.03. The molecule has 0 bridgehead atoms. The predicted molar refractivity (Wildman–Crippen MR) is 84.2 cm³/mol. The minimum absolute atomic E-state index is 0.0465. The van der Waals surface area contributed by atoms with Crippen LogP contribution in [0.25, 0.3) is 0 Å². The van der Waals surface area contributed by atoms with Crippen molar-refractivity contribution in [3.05, 3.63) is 59.2 Å². The molecule has 1 amide bonds. The number of amides is 1. The van der Waals surface area contributed by atoms with Gasteiger partial charge in [-0.3, -0.25) is 4.79 Å². The van der Waals surface area contributed by atoms with Crippen molar-refractivity contribution in [1.29, 1.82) is 0 Å². The average molecular weight is 268 g/mol. The topological polar surface area (TPSA) is 41.1 Å². The highest BCUT2D eigenvalue weighted by Crippen LogP contribution is 2.14. The smallest absolute Gasteiger partial charge is 0.243 e. The molecule has 0 atom stereocenters. The van der Waals surface area contributed by atoms with Crippen molar-refractivity contribution in [2.45, 2.75) is 20.8 Å². The molecule has 2 aromatic carbocycles. The molecule has 0 aromatic heterocycles. The molecule has 2 aromatic rings. The summed E-state index contributed by atoms with van der Waals surface area (Å²) in [4.78, 5) is 11.9. The molecule has 0 saturated heterocycles. The van der Waals surface area contributed by atoms with Gasteiger partial charge in [0.25, 0.3) is 0 Å². The fourth-order valence-electron chi connectivity index (χ4n) is 2.19. The third-order valence-corrected chi connectivity index (χ3v) is 2.98. The van der Waals surface area contributed by atoms with Crippen LogP contribution in [0.15, 0.2) is 42.5 Å². The lowest BCUT2D eigenvalue weighted by atomic mass is 10.1. The van der Waals surface area contributed by atoms with Crippen molar-refractivity contribution in [2.24, 2.45) is 0 Å². The van der Waals surface area contributed by atoms with Crippen LogP contribution in [0.2, 0.25) is 0 Å². The van der Waals surface area contributed by atoms with E-state index >= 15 is 0 Å². The van der Waals surface area contributed by atoms with E-state index in [1.54, 1.807) is 0 Å². The predicted octanol–water partition coefficient (Wildman–Crippen LogP) is 3.66. The van der Waals surface area contributed by atoms with Gasteiger partial charge in [0.15, 0.2) is 0 Å². The second kappa shape index (κ2) is 6.24. The molecule has 104 valence electrons.